The van der Waals surface area contributed by atoms with Crippen LogP contribution in [0.3, 0.4) is 0 Å². The van der Waals surface area contributed by atoms with Crippen molar-refractivity contribution in [3.63, 3.8) is 0 Å². The molecule has 0 saturated heterocycles. The summed E-state index contributed by atoms with van der Waals surface area (Å²) in [5, 5.41) is 0. The van der Waals surface area contributed by atoms with E-state index in [2.05, 4.69) is 47.4 Å². The SMILES string of the molecule is O=C1C(c2ccc(C#Cc3ccccc3)cc2)=C(c2ccc(Oc3ccc(C#Cc4ccccc4)cc3)cc2)C(c2ccc(Oc3ccc(C#Cc4ccccc4)cc3)cc2)=C1c1ccc(C#Cc2ccccc2)cc1. The Morgan fingerprint density at radius 2 is 0.382 bits per heavy atom. The Morgan fingerprint density at radius 3 is 0.632 bits per heavy atom. The molecule has 0 atom stereocenters. The first kappa shape index (κ1) is 47.5. The summed E-state index contributed by atoms with van der Waals surface area (Å²) in [6.45, 7) is 0. The normalized spacial score (nSPS) is 11.4. The molecule has 0 amide bonds. The Hall–Kier alpha value is -10.8. The van der Waals surface area contributed by atoms with Crippen molar-refractivity contribution in [2.45, 2.75) is 0 Å². The molecule has 354 valence electrons. The smallest absolute Gasteiger partial charge is 0.195 e. The van der Waals surface area contributed by atoms with Crippen LogP contribution in [0.5, 0.6) is 23.0 Å². The van der Waals surface area contributed by atoms with Crippen molar-refractivity contribution < 1.29 is 14.3 Å². The third kappa shape index (κ3) is 11.6. The van der Waals surface area contributed by atoms with Crippen LogP contribution in [0.2, 0.25) is 0 Å². The van der Waals surface area contributed by atoms with Crippen LogP contribution in [0.4, 0.5) is 0 Å². The second-order valence-corrected chi connectivity index (χ2v) is 17.7. The average Bonchev–Trinajstić information content (AvgIpc) is 3.84. The van der Waals surface area contributed by atoms with E-state index in [1.807, 2.05) is 267 Å². The highest BCUT2D eigenvalue weighted by atomic mass is 16.5. The van der Waals surface area contributed by atoms with Gasteiger partial charge in [-0.2, -0.15) is 0 Å². The fourth-order valence-corrected chi connectivity index (χ4v) is 8.70. The van der Waals surface area contributed by atoms with Gasteiger partial charge < -0.3 is 9.47 Å². The average molecular weight is 969 g/mol. The summed E-state index contributed by atoms with van der Waals surface area (Å²) in [6, 6.07) is 86.9. The number of allylic oxidation sites excluding steroid dienone is 4. The number of hydrogen-bond donors (Lipinski definition) is 0. The third-order valence-corrected chi connectivity index (χ3v) is 12.5. The number of benzene rings is 10. The lowest BCUT2D eigenvalue weighted by Crippen LogP contribution is -2.02. The minimum Gasteiger partial charge on any atom is -0.457 e. The fraction of sp³-hybridized carbons (Fsp3) is 0. The number of Topliss-reactive ketones (excluding diaryl/α,β-unsaturated/α-hetero) is 1. The predicted molar refractivity (Wildman–Crippen MR) is 307 cm³/mol. The second-order valence-electron chi connectivity index (χ2n) is 17.7. The third-order valence-electron chi connectivity index (χ3n) is 12.5. The molecule has 0 unspecified atom stereocenters. The molecule has 0 fully saturated rings. The molecule has 76 heavy (non-hydrogen) atoms. The van der Waals surface area contributed by atoms with Crippen LogP contribution < -0.4 is 9.47 Å². The Balaban J connectivity index is 0.964. The summed E-state index contributed by atoms with van der Waals surface area (Å²) in [5.74, 6) is 28.6. The Labute approximate surface area is 444 Å². The van der Waals surface area contributed by atoms with E-state index in [0.717, 1.165) is 77.9 Å². The second kappa shape index (κ2) is 22.7. The highest BCUT2D eigenvalue weighted by Gasteiger charge is 2.35. The van der Waals surface area contributed by atoms with Gasteiger partial charge in [0.05, 0.1) is 0 Å². The first-order chi connectivity index (χ1) is 37.5. The van der Waals surface area contributed by atoms with Gasteiger partial charge in [-0.05, 0) is 168 Å². The van der Waals surface area contributed by atoms with Crippen molar-refractivity contribution in [1.82, 2.24) is 0 Å². The molecule has 0 bridgehead atoms. The highest BCUT2D eigenvalue weighted by Crippen LogP contribution is 2.50. The number of carbonyl (C=O) groups excluding carboxylic acids is 1. The summed E-state index contributed by atoms with van der Waals surface area (Å²) in [4.78, 5) is 15.6. The lowest BCUT2D eigenvalue weighted by Gasteiger charge is -2.15. The van der Waals surface area contributed by atoms with Crippen molar-refractivity contribution >= 4 is 28.1 Å². The molecule has 0 spiro atoms. The van der Waals surface area contributed by atoms with E-state index >= 15 is 4.79 Å². The van der Waals surface area contributed by atoms with E-state index < -0.39 is 0 Å². The van der Waals surface area contributed by atoms with Crippen LogP contribution in [-0.4, -0.2) is 5.78 Å². The largest absolute Gasteiger partial charge is 0.457 e. The molecule has 3 nitrogen and oxygen atoms in total. The highest BCUT2D eigenvalue weighted by molar-refractivity contribution is 6.59. The van der Waals surface area contributed by atoms with Crippen molar-refractivity contribution in [2.24, 2.45) is 0 Å². The van der Waals surface area contributed by atoms with Gasteiger partial charge in [-0.15, -0.1) is 0 Å². The zero-order valence-corrected chi connectivity index (χ0v) is 41.1. The summed E-state index contributed by atoms with van der Waals surface area (Å²) < 4.78 is 12.8. The fourth-order valence-electron chi connectivity index (χ4n) is 8.70. The molecule has 10 aromatic rings. The van der Waals surface area contributed by atoms with Crippen LogP contribution in [-0.2, 0) is 4.79 Å². The molecule has 3 heteroatoms. The van der Waals surface area contributed by atoms with Crippen LogP contribution in [0.1, 0.15) is 66.8 Å². The van der Waals surface area contributed by atoms with Gasteiger partial charge in [0, 0.05) is 66.8 Å². The lowest BCUT2D eigenvalue weighted by molar-refractivity contribution is -0.108. The predicted octanol–water partition coefficient (Wildman–Crippen LogP) is 16.0. The molecular weight excluding hydrogens is 925 g/mol. The Bertz CT molecular complexity index is 3750. The number of ether oxygens (including phenoxy) is 2. The van der Waals surface area contributed by atoms with Gasteiger partial charge in [-0.1, -0.05) is 169 Å². The first-order valence-corrected chi connectivity index (χ1v) is 24.8. The van der Waals surface area contributed by atoms with Gasteiger partial charge in [-0.25, -0.2) is 0 Å². The quantitative estimate of drug-likeness (QED) is 0.142. The van der Waals surface area contributed by atoms with Gasteiger partial charge in [0.2, 0.25) is 0 Å². The molecule has 0 radical (unpaired) electrons. The van der Waals surface area contributed by atoms with E-state index in [-0.39, 0.29) is 5.78 Å². The van der Waals surface area contributed by atoms with Crippen LogP contribution >= 0.6 is 0 Å². The zero-order valence-electron chi connectivity index (χ0n) is 41.1. The van der Waals surface area contributed by atoms with Crippen molar-refractivity contribution in [1.29, 1.82) is 0 Å². The summed E-state index contributed by atoms with van der Waals surface area (Å²) in [6.07, 6.45) is 0. The molecule has 1 aliphatic rings. The van der Waals surface area contributed by atoms with E-state index in [0.29, 0.717) is 34.1 Å². The van der Waals surface area contributed by atoms with Crippen LogP contribution in [0.15, 0.2) is 267 Å². The topological polar surface area (TPSA) is 35.5 Å². The van der Waals surface area contributed by atoms with Gasteiger partial charge in [0.15, 0.2) is 5.78 Å². The standard InChI is InChI=1S/C73H44O3/c74-73-71(63-37-29-57(30-38-63)25-21-53-13-5-1-6-14-53)69(61-41-49-67(50-42-61)75-65-45-33-59(34-46-65)27-23-55-17-9-3-10-18-55)70(72(73)64-39-31-58(32-40-64)26-22-54-15-7-2-8-16-54)62-43-51-68(52-44-62)76-66-47-35-60(36-48-66)28-24-56-19-11-4-12-20-56/h1-20,29-52H. The summed E-state index contributed by atoms with van der Waals surface area (Å²) in [7, 11) is 0. The van der Waals surface area contributed by atoms with E-state index in [4.69, 9.17) is 9.47 Å². The molecule has 0 saturated carbocycles. The van der Waals surface area contributed by atoms with Crippen molar-refractivity contribution in [2.75, 3.05) is 0 Å². The monoisotopic (exact) mass is 968 g/mol. The summed E-state index contributed by atoms with van der Waals surface area (Å²) in [5.41, 5.74) is 13.2. The zero-order chi connectivity index (χ0) is 51.3. The molecule has 1 aliphatic carbocycles. The molecular formula is C73H44O3. The van der Waals surface area contributed by atoms with E-state index in [9.17, 15) is 0 Å². The molecule has 10 aromatic carbocycles. The van der Waals surface area contributed by atoms with Crippen LogP contribution in [0.25, 0.3) is 22.3 Å². The maximum Gasteiger partial charge on any atom is 0.195 e. The number of ketones is 1. The molecule has 0 aliphatic heterocycles. The minimum absolute atomic E-state index is 0.0946. The number of carbonyl (C=O) groups is 1. The Morgan fingerprint density at radius 1 is 0.197 bits per heavy atom. The van der Waals surface area contributed by atoms with Crippen molar-refractivity contribution in [3.05, 3.63) is 334 Å². The molecule has 0 aromatic heterocycles. The molecule has 0 heterocycles. The minimum atomic E-state index is -0.0946. The van der Waals surface area contributed by atoms with Gasteiger partial charge >= 0.3 is 0 Å². The number of rotatable bonds is 8. The van der Waals surface area contributed by atoms with Crippen molar-refractivity contribution in [3.8, 4) is 70.4 Å². The van der Waals surface area contributed by atoms with Gasteiger partial charge in [0.1, 0.15) is 23.0 Å². The van der Waals surface area contributed by atoms with Crippen LogP contribution in [0, 0.1) is 47.4 Å². The molecule has 11 rings (SSSR count). The molecule has 0 N–H and O–H groups in total. The first-order valence-electron chi connectivity index (χ1n) is 24.8. The summed E-state index contributed by atoms with van der Waals surface area (Å²) >= 11 is 0. The van der Waals surface area contributed by atoms with Gasteiger partial charge in [0.25, 0.3) is 0 Å². The van der Waals surface area contributed by atoms with Gasteiger partial charge in [-0.3, -0.25) is 4.79 Å². The lowest BCUT2D eigenvalue weighted by atomic mass is 9.89. The number of hydrogen-bond acceptors (Lipinski definition) is 3. The maximum absolute atomic E-state index is 15.6. The maximum atomic E-state index is 15.6. The Kier molecular flexibility index (Phi) is 14.2. The van der Waals surface area contributed by atoms with E-state index in [1.165, 1.54) is 0 Å². The van der Waals surface area contributed by atoms with E-state index in [1.54, 1.807) is 0 Å².